The lowest BCUT2D eigenvalue weighted by Gasteiger charge is -2.03. The molecular formula is C17H11BrN4O4S2. The van der Waals surface area contributed by atoms with E-state index >= 15 is 0 Å². The first-order chi connectivity index (χ1) is 13.2. The van der Waals surface area contributed by atoms with Crippen LogP contribution in [-0.4, -0.2) is 24.4 Å². The van der Waals surface area contributed by atoms with Gasteiger partial charge in [-0.25, -0.2) is 18.5 Å². The summed E-state index contributed by atoms with van der Waals surface area (Å²) in [6, 6.07) is 11.0. The summed E-state index contributed by atoms with van der Waals surface area (Å²) in [7, 11) is -3.78. The highest BCUT2D eigenvalue weighted by Crippen LogP contribution is 2.35. The van der Waals surface area contributed by atoms with Crippen LogP contribution in [-0.2, 0) is 14.8 Å². The van der Waals surface area contributed by atoms with Crippen molar-refractivity contribution < 1.29 is 18.3 Å². The Balaban J connectivity index is 1.71. The predicted octanol–water partition coefficient (Wildman–Crippen LogP) is 1.36. The van der Waals surface area contributed by atoms with Gasteiger partial charge in [0.2, 0.25) is 15.9 Å². The maximum Gasteiger partial charge on any atom is 0.279 e. The van der Waals surface area contributed by atoms with Crippen molar-refractivity contribution in [3.05, 3.63) is 62.4 Å². The number of carbonyl (C=O) groups is 1. The van der Waals surface area contributed by atoms with Crippen LogP contribution in [0.1, 0.15) is 4.88 Å². The van der Waals surface area contributed by atoms with Crippen molar-refractivity contribution in [1.82, 2.24) is 4.98 Å². The molecule has 4 rings (SSSR count). The van der Waals surface area contributed by atoms with E-state index in [2.05, 4.69) is 31.2 Å². The van der Waals surface area contributed by atoms with E-state index in [-0.39, 0.29) is 16.3 Å². The average Bonchev–Trinajstić information content (AvgIpc) is 3.12. The molecule has 3 aromatic rings. The molecule has 28 heavy (non-hydrogen) atoms. The Morgan fingerprint density at radius 3 is 2.54 bits per heavy atom. The first-order valence-electron chi connectivity index (χ1n) is 7.75. The van der Waals surface area contributed by atoms with E-state index in [1.165, 1.54) is 24.3 Å². The molecule has 1 amide bonds. The quantitative estimate of drug-likeness (QED) is 0.517. The third kappa shape index (κ3) is 3.44. The van der Waals surface area contributed by atoms with Crippen LogP contribution in [0, 0.1) is 0 Å². The largest absolute Gasteiger partial charge is 0.492 e. The number of anilines is 2. The fraction of sp³-hybridized carbons (Fsp3) is 0. The molecule has 0 bridgehead atoms. The summed E-state index contributed by atoms with van der Waals surface area (Å²) in [6.45, 7) is 0. The van der Waals surface area contributed by atoms with Gasteiger partial charge in [-0.1, -0.05) is 27.3 Å². The van der Waals surface area contributed by atoms with Crippen LogP contribution >= 0.6 is 27.3 Å². The molecule has 1 aromatic heterocycles. The Kier molecular flexibility index (Phi) is 4.54. The second-order valence-corrected chi connectivity index (χ2v) is 9.30. The van der Waals surface area contributed by atoms with Crippen LogP contribution in [0.5, 0.6) is 5.88 Å². The number of nitrogens with zero attached hydrogens (tertiary/aromatic N) is 2. The highest BCUT2D eigenvalue weighted by molar-refractivity contribution is 9.10. The fourth-order valence-electron chi connectivity index (χ4n) is 2.69. The zero-order valence-corrected chi connectivity index (χ0v) is 17.1. The van der Waals surface area contributed by atoms with E-state index in [0.29, 0.717) is 26.3 Å². The number of sulfonamides is 1. The highest BCUT2D eigenvalue weighted by atomic mass is 79.9. The van der Waals surface area contributed by atoms with Crippen LogP contribution < -0.4 is 21.0 Å². The Labute approximate surface area is 171 Å². The summed E-state index contributed by atoms with van der Waals surface area (Å²) in [4.78, 5) is 20.7. The summed E-state index contributed by atoms with van der Waals surface area (Å²) in [5, 5.41) is 19.8. The predicted molar refractivity (Wildman–Crippen MR) is 107 cm³/mol. The van der Waals surface area contributed by atoms with Crippen molar-refractivity contribution >= 4 is 59.6 Å². The molecular weight excluding hydrogens is 468 g/mol. The number of nitrogens with two attached hydrogens (primary N) is 1. The van der Waals surface area contributed by atoms with Crippen molar-refractivity contribution in [2.24, 2.45) is 10.1 Å². The fourth-order valence-corrected chi connectivity index (χ4v) is 4.49. The number of hydrogen-bond donors (Lipinski definition) is 3. The molecule has 2 heterocycles. The molecule has 1 aliphatic heterocycles. The van der Waals surface area contributed by atoms with Gasteiger partial charge in [-0.15, -0.1) is 0 Å². The third-order valence-electron chi connectivity index (χ3n) is 3.93. The van der Waals surface area contributed by atoms with Gasteiger partial charge in [0.1, 0.15) is 4.88 Å². The monoisotopic (exact) mass is 478 g/mol. The SMILES string of the molecule is NS(=O)(=O)c1ccc(Nc2nc(O)c(C3=c4cc(Br)ccc4=NC3=O)s2)cc1. The van der Waals surface area contributed by atoms with E-state index in [0.717, 1.165) is 15.8 Å². The average molecular weight is 479 g/mol. The van der Waals surface area contributed by atoms with Crippen LogP contribution in [0.2, 0.25) is 0 Å². The zero-order valence-electron chi connectivity index (χ0n) is 13.9. The van der Waals surface area contributed by atoms with Gasteiger partial charge in [-0.2, -0.15) is 4.98 Å². The molecule has 0 saturated carbocycles. The molecule has 8 nitrogen and oxygen atoms in total. The van der Waals surface area contributed by atoms with E-state index in [1.807, 2.05) is 0 Å². The van der Waals surface area contributed by atoms with Crippen LogP contribution in [0.25, 0.3) is 5.57 Å². The molecule has 4 N–H and O–H groups in total. The maximum absolute atomic E-state index is 12.4. The number of thiazole rings is 1. The van der Waals surface area contributed by atoms with Gasteiger partial charge in [0, 0.05) is 15.4 Å². The number of fused-ring (bicyclic) bond motifs is 1. The van der Waals surface area contributed by atoms with Gasteiger partial charge in [0.15, 0.2) is 5.13 Å². The summed E-state index contributed by atoms with van der Waals surface area (Å²) in [5.74, 6) is -0.740. The normalized spacial score (nSPS) is 13.4. The number of rotatable bonds is 4. The molecule has 11 heteroatoms. The minimum atomic E-state index is -3.78. The second-order valence-electron chi connectivity index (χ2n) is 5.82. The second kappa shape index (κ2) is 6.78. The molecule has 2 aromatic carbocycles. The summed E-state index contributed by atoms with van der Waals surface area (Å²) < 4.78 is 23.4. The van der Waals surface area contributed by atoms with Crippen molar-refractivity contribution in [3.63, 3.8) is 0 Å². The van der Waals surface area contributed by atoms with Crippen LogP contribution in [0.3, 0.4) is 0 Å². The number of amides is 1. The van der Waals surface area contributed by atoms with Gasteiger partial charge < -0.3 is 10.4 Å². The number of aromatic hydroxyl groups is 1. The number of benzene rings is 2. The molecule has 0 radical (unpaired) electrons. The molecule has 0 spiro atoms. The van der Waals surface area contributed by atoms with Gasteiger partial charge in [0.05, 0.1) is 15.8 Å². The van der Waals surface area contributed by atoms with E-state index in [1.54, 1.807) is 18.2 Å². The molecule has 0 aliphatic carbocycles. The molecule has 1 aliphatic rings. The number of hydrogen-bond acceptors (Lipinski definition) is 7. The van der Waals surface area contributed by atoms with Crippen LogP contribution in [0.4, 0.5) is 10.8 Å². The smallest absolute Gasteiger partial charge is 0.279 e. The minimum absolute atomic E-state index is 0.0170. The Bertz CT molecular complexity index is 1350. The number of nitrogens with one attached hydrogen (secondary N) is 1. The number of halogens is 1. The van der Waals surface area contributed by atoms with E-state index < -0.39 is 15.9 Å². The molecule has 0 atom stereocenters. The van der Waals surface area contributed by atoms with Crippen molar-refractivity contribution in [2.75, 3.05) is 5.32 Å². The zero-order chi connectivity index (χ0) is 20.1. The maximum atomic E-state index is 12.4. The lowest BCUT2D eigenvalue weighted by molar-refractivity contribution is -0.112. The summed E-state index contributed by atoms with van der Waals surface area (Å²) >= 11 is 4.45. The Morgan fingerprint density at radius 2 is 1.86 bits per heavy atom. The van der Waals surface area contributed by atoms with Crippen molar-refractivity contribution in [2.45, 2.75) is 4.90 Å². The number of carbonyl (C=O) groups excluding carboxylic acids is 1. The van der Waals surface area contributed by atoms with Gasteiger partial charge in [0.25, 0.3) is 5.91 Å². The summed E-state index contributed by atoms with van der Waals surface area (Å²) in [5.41, 5.74) is 0.826. The molecule has 0 fully saturated rings. The van der Waals surface area contributed by atoms with Gasteiger partial charge in [-0.05, 0) is 42.5 Å². The summed E-state index contributed by atoms with van der Waals surface area (Å²) in [6.07, 6.45) is 0. The van der Waals surface area contributed by atoms with Gasteiger partial charge >= 0.3 is 0 Å². The van der Waals surface area contributed by atoms with E-state index in [4.69, 9.17) is 5.14 Å². The Hall–Kier alpha value is -2.60. The van der Waals surface area contributed by atoms with Gasteiger partial charge in [-0.3, -0.25) is 4.79 Å². The van der Waals surface area contributed by atoms with Crippen LogP contribution in [0.15, 0.2) is 56.8 Å². The Morgan fingerprint density at radius 1 is 1.14 bits per heavy atom. The standard InChI is InChI=1S/C17H11BrN4O4S2/c18-8-1-6-12-11(7-8)13(15(23)21-12)14-16(24)22-17(27-14)20-9-2-4-10(5-3-9)28(19,25)26/h1-7,24H,(H,20,22)(H2,19,25,26). The topological polar surface area (TPSA) is 135 Å². The molecule has 142 valence electrons. The first-order valence-corrected chi connectivity index (χ1v) is 10.9. The number of aromatic nitrogens is 1. The third-order valence-corrected chi connectivity index (χ3v) is 6.33. The van der Waals surface area contributed by atoms with E-state index in [9.17, 15) is 18.3 Å². The molecule has 0 unspecified atom stereocenters. The van der Waals surface area contributed by atoms with Crippen molar-refractivity contribution in [1.29, 1.82) is 0 Å². The minimum Gasteiger partial charge on any atom is -0.492 e. The lowest BCUT2D eigenvalue weighted by Crippen LogP contribution is -2.22. The highest BCUT2D eigenvalue weighted by Gasteiger charge is 2.25. The lowest BCUT2D eigenvalue weighted by atomic mass is 10.1. The molecule has 0 saturated heterocycles. The number of primary sulfonamides is 1. The first kappa shape index (κ1) is 18.7. The van der Waals surface area contributed by atoms with Crippen molar-refractivity contribution in [3.8, 4) is 5.88 Å².